The first-order valence-electron chi connectivity index (χ1n) is 5.25. The molecule has 0 aliphatic rings. The largest absolute Gasteiger partial charge is 0.455 e. The Morgan fingerprint density at radius 1 is 1.61 bits per heavy atom. The van der Waals surface area contributed by atoms with E-state index in [1.54, 1.807) is 17.8 Å². The zero-order valence-electron chi connectivity index (χ0n) is 9.80. The lowest BCUT2D eigenvalue weighted by atomic mass is 10.4. The van der Waals surface area contributed by atoms with Crippen molar-refractivity contribution in [2.24, 2.45) is 0 Å². The van der Waals surface area contributed by atoms with Gasteiger partial charge in [-0.25, -0.2) is 4.98 Å². The molecule has 3 N–H and O–H groups in total. The highest BCUT2D eigenvalue weighted by atomic mass is 32.2. The number of carbonyl (C=O) groups excluding carboxylic acids is 1. The zero-order valence-corrected chi connectivity index (χ0v) is 11.4. The number of nitrogens with zero attached hydrogens (tertiary/aromatic N) is 1. The molecule has 0 saturated carbocycles. The molecule has 0 radical (unpaired) electrons. The van der Waals surface area contributed by atoms with Crippen molar-refractivity contribution < 1.29 is 9.21 Å². The smallest absolute Gasteiger partial charge is 0.287 e. The van der Waals surface area contributed by atoms with Crippen molar-refractivity contribution in [3.63, 3.8) is 0 Å². The first-order valence-corrected chi connectivity index (χ1v) is 7.52. The number of aromatic nitrogens is 1. The van der Waals surface area contributed by atoms with Gasteiger partial charge in [-0.15, -0.1) is 11.3 Å². The van der Waals surface area contributed by atoms with Gasteiger partial charge in [0.15, 0.2) is 10.9 Å². The first kappa shape index (κ1) is 13.0. The Bertz CT molecular complexity index is 536. The fourth-order valence-electron chi connectivity index (χ4n) is 1.38. The normalized spacial score (nSPS) is 10.5. The lowest BCUT2D eigenvalue weighted by Gasteiger charge is -2.00. The van der Waals surface area contributed by atoms with Gasteiger partial charge in [0.25, 0.3) is 5.91 Å². The molecule has 0 saturated heterocycles. The molecule has 7 heteroatoms. The maximum Gasteiger partial charge on any atom is 0.287 e. The maximum atomic E-state index is 11.8. The minimum atomic E-state index is -0.242. The van der Waals surface area contributed by atoms with Crippen molar-refractivity contribution in [3.8, 4) is 0 Å². The van der Waals surface area contributed by atoms with Crippen LogP contribution in [0.5, 0.6) is 0 Å². The van der Waals surface area contributed by atoms with Crippen LogP contribution < -0.4 is 11.1 Å². The minimum Gasteiger partial charge on any atom is -0.455 e. The van der Waals surface area contributed by atoms with Crippen LogP contribution in [0.1, 0.15) is 22.0 Å². The first-order chi connectivity index (χ1) is 8.69. The highest BCUT2D eigenvalue weighted by Crippen LogP contribution is 2.14. The van der Waals surface area contributed by atoms with Crippen LogP contribution in [0.4, 0.5) is 5.13 Å². The van der Waals surface area contributed by atoms with E-state index in [9.17, 15) is 4.79 Å². The molecule has 0 aromatic carbocycles. The second-order valence-electron chi connectivity index (χ2n) is 3.56. The molecular formula is C11H13N3O2S2. The molecule has 2 rings (SSSR count). The van der Waals surface area contributed by atoms with Gasteiger partial charge in [-0.05, 0) is 18.4 Å². The Hall–Kier alpha value is -1.47. The van der Waals surface area contributed by atoms with Gasteiger partial charge in [-0.1, -0.05) is 0 Å². The average Bonchev–Trinajstić information content (AvgIpc) is 2.96. The Labute approximate surface area is 113 Å². The van der Waals surface area contributed by atoms with E-state index in [0.717, 1.165) is 17.2 Å². The summed E-state index contributed by atoms with van der Waals surface area (Å²) in [5.41, 5.74) is 6.26. The summed E-state index contributed by atoms with van der Waals surface area (Å²) >= 11 is 3.00. The van der Waals surface area contributed by atoms with Gasteiger partial charge in [0.2, 0.25) is 0 Å². The highest BCUT2D eigenvalue weighted by Gasteiger charge is 2.11. The van der Waals surface area contributed by atoms with Gasteiger partial charge in [0.1, 0.15) is 5.76 Å². The number of anilines is 1. The van der Waals surface area contributed by atoms with Crippen LogP contribution in [0, 0.1) is 0 Å². The van der Waals surface area contributed by atoms with Crippen molar-refractivity contribution >= 4 is 34.1 Å². The molecule has 2 aromatic heterocycles. The molecule has 2 aromatic rings. The van der Waals surface area contributed by atoms with Crippen molar-refractivity contribution in [2.75, 3.05) is 12.0 Å². The van der Waals surface area contributed by atoms with Gasteiger partial charge in [0.05, 0.1) is 18.0 Å². The molecule has 0 bridgehead atoms. The number of hydrogen-bond acceptors (Lipinski definition) is 6. The summed E-state index contributed by atoms with van der Waals surface area (Å²) in [6.07, 6.45) is 1.98. The summed E-state index contributed by atoms with van der Waals surface area (Å²) in [7, 11) is 0. The molecule has 0 atom stereocenters. The number of thioether (sulfide) groups is 1. The van der Waals surface area contributed by atoms with Crippen LogP contribution in [0.25, 0.3) is 0 Å². The molecule has 5 nitrogen and oxygen atoms in total. The number of nitrogens with two attached hydrogens (primary N) is 1. The van der Waals surface area contributed by atoms with Crippen molar-refractivity contribution in [3.05, 3.63) is 34.7 Å². The van der Waals surface area contributed by atoms with Crippen LogP contribution in [0.3, 0.4) is 0 Å². The Kier molecular flexibility index (Phi) is 4.27. The Morgan fingerprint density at radius 2 is 2.44 bits per heavy atom. The van der Waals surface area contributed by atoms with E-state index in [4.69, 9.17) is 10.2 Å². The topological polar surface area (TPSA) is 81.2 Å². The average molecular weight is 283 g/mol. The van der Waals surface area contributed by atoms with Gasteiger partial charge in [-0.2, -0.15) is 11.8 Å². The Morgan fingerprint density at radius 3 is 3.11 bits per heavy atom. The lowest BCUT2D eigenvalue weighted by Crippen LogP contribution is -2.22. The summed E-state index contributed by atoms with van der Waals surface area (Å²) in [6.45, 7) is 0.352. The minimum absolute atomic E-state index is 0.242. The van der Waals surface area contributed by atoms with Crippen LogP contribution in [0.2, 0.25) is 0 Å². The standard InChI is InChI=1S/C11H13N3O2S2/c1-17-6-8-2-3-9(16-8)10(15)13-4-7-5-18-11(12)14-7/h2-3,5H,4,6H2,1H3,(H2,12,14)(H,13,15). The SMILES string of the molecule is CSCc1ccc(C(=O)NCc2csc(N)n2)o1. The van der Waals surface area contributed by atoms with E-state index in [-0.39, 0.29) is 5.91 Å². The fraction of sp³-hybridized carbons (Fsp3) is 0.273. The predicted octanol–water partition coefficient (Wildman–Crippen LogP) is 2.11. The number of amides is 1. The van der Waals surface area contributed by atoms with E-state index < -0.39 is 0 Å². The van der Waals surface area contributed by atoms with Crippen LogP contribution >= 0.6 is 23.1 Å². The molecule has 0 spiro atoms. The maximum absolute atomic E-state index is 11.8. The lowest BCUT2D eigenvalue weighted by molar-refractivity contribution is 0.0921. The van der Waals surface area contributed by atoms with E-state index in [1.165, 1.54) is 11.3 Å². The molecule has 1 amide bonds. The quantitative estimate of drug-likeness (QED) is 0.878. The van der Waals surface area contributed by atoms with Gasteiger partial charge >= 0.3 is 0 Å². The molecular weight excluding hydrogens is 270 g/mol. The van der Waals surface area contributed by atoms with Crippen LogP contribution in [-0.2, 0) is 12.3 Å². The second kappa shape index (κ2) is 5.92. The summed E-state index contributed by atoms with van der Waals surface area (Å²) in [6, 6.07) is 3.49. The molecule has 0 fully saturated rings. The van der Waals surface area contributed by atoms with E-state index >= 15 is 0 Å². The van der Waals surface area contributed by atoms with Gasteiger partial charge in [0, 0.05) is 5.38 Å². The van der Waals surface area contributed by atoms with E-state index in [0.29, 0.717) is 17.4 Å². The number of nitrogens with one attached hydrogen (secondary N) is 1. The number of hydrogen-bond donors (Lipinski definition) is 2. The molecule has 0 aliphatic heterocycles. The van der Waals surface area contributed by atoms with Gasteiger partial charge < -0.3 is 15.5 Å². The number of rotatable bonds is 5. The highest BCUT2D eigenvalue weighted by molar-refractivity contribution is 7.97. The zero-order chi connectivity index (χ0) is 13.0. The molecule has 96 valence electrons. The summed E-state index contributed by atoms with van der Waals surface area (Å²) in [5.74, 6) is 1.64. The summed E-state index contributed by atoms with van der Waals surface area (Å²) in [5, 5.41) is 5.05. The van der Waals surface area contributed by atoms with Gasteiger partial charge in [-0.3, -0.25) is 4.79 Å². The monoisotopic (exact) mass is 283 g/mol. The number of carbonyl (C=O) groups is 1. The van der Waals surface area contributed by atoms with Crippen molar-refractivity contribution in [1.82, 2.24) is 10.3 Å². The Balaban J connectivity index is 1.90. The third-order valence-electron chi connectivity index (χ3n) is 2.17. The molecule has 18 heavy (non-hydrogen) atoms. The second-order valence-corrected chi connectivity index (χ2v) is 5.31. The number of furan rings is 1. The summed E-state index contributed by atoms with van der Waals surface area (Å²) in [4.78, 5) is 15.8. The molecule has 0 unspecified atom stereocenters. The number of thiazole rings is 1. The van der Waals surface area contributed by atoms with Crippen LogP contribution in [-0.4, -0.2) is 17.1 Å². The molecule has 0 aliphatic carbocycles. The fourth-order valence-corrected chi connectivity index (χ4v) is 2.38. The van der Waals surface area contributed by atoms with Crippen molar-refractivity contribution in [2.45, 2.75) is 12.3 Å². The third kappa shape index (κ3) is 3.27. The van der Waals surface area contributed by atoms with Crippen molar-refractivity contribution in [1.29, 1.82) is 0 Å². The predicted molar refractivity (Wildman–Crippen MR) is 73.6 cm³/mol. The van der Waals surface area contributed by atoms with E-state index in [1.807, 2.05) is 17.7 Å². The number of nitrogen functional groups attached to an aromatic ring is 1. The van der Waals surface area contributed by atoms with Crippen LogP contribution in [0.15, 0.2) is 21.9 Å². The summed E-state index contributed by atoms with van der Waals surface area (Å²) < 4.78 is 5.40. The van der Waals surface area contributed by atoms with E-state index in [2.05, 4.69) is 10.3 Å². The molecule has 2 heterocycles. The third-order valence-corrected chi connectivity index (χ3v) is 3.47.